The highest BCUT2D eigenvalue weighted by Gasteiger charge is 2.29. The van der Waals surface area contributed by atoms with E-state index in [1.165, 1.54) is 19.2 Å². The molecule has 162 valence electrons. The zero-order valence-corrected chi connectivity index (χ0v) is 16.8. The first-order chi connectivity index (χ1) is 14.3. The van der Waals surface area contributed by atoms with Crippen molar-refractivity contribution in [3.8, 4) is 5.75 Å². The second-order valence-electron chi connectivity index (χ2n) is 6.30. The van der Waals surface area contributed by atoms with E-state index in [2.05, 4.69) is 20.9 Å². The molecule has 0 bridgehead atoms. The standard InChI is InChI=1S/C21H25F3N4O2/c1-3-25-20(28-14-15-7-9-17(10-8-15)21(22,23)24)27-12-11-26-19(29)16-5-4-6-18(13-16)30-2/h4-10,13H,3,11-12,14H2,1-2H3,(H,26,29)(H2,25,27,28). The third-order valence-electron chi connectivity index (χ3n) is 4.08. The van der Waals surface area contributed by atoms with Gasteiger partial charge in [-0.2, -0.15) is 13.2 Å². The van der Waals surface area contributed by atoms with E-state index in [0.29, 0.717) is 42.5 Å². The van der Waals surface area contributed by atoms with Gasteiger partial charge in [-0.25, -0.2) is 4.99 Å². The van der Waals surface area contributed by atoms with E-state index in [1.54, 1.807) is 24.3 Å². The van der Waals surface area contributed by atoms with Crippen LogP contribution in [0.2, 0.25) is 0 Å². The average Bonchev–Trinajstić information content (AvgIpc) is 2.74. The van der Waals surface area contributed by atoms with E-state index in [9.17, 15) is 18.0 Å². The van der Waals surface area contributed by atoms with E-state index in [4.69, 9.17) is 4.74 Å². The van der Waals surface area contributed by atoms with Crippen molar-refractivity contribution in [3.05, 3.63) is 65.2 Å². The average molecular weight is 422 g/mol. The molecule has 3 N–H and O–H groups in total. The molecule has 0 aromatic heterocycles. The highest BCUT2D eigenvalue weighted by Crippen LogP contribution is 2.29. The van der Waals surface area contributed by atoms with Gasteiger partial charge in [0.05, 0.1) is 19.2 Å². The van der Waals surface area contributed by atoms with E-state index in [0.717, 1.165) is 12.1 Å². The van der Waals surface area contributed by atoms with Crippen molar-refractivity contribution >= 4 is 11.9 Å². The number of rotatable bonds is 8. The summed E-state index contributed by atoms with van der Waals surface area (Å²) < 4.78 is 43.0. The molecule has 2 aromatic carbocycles. The molecular weight excluding hydrogens is 397 g/mol. The maximum Gasteiger partial charge on any atom is 0.416 e. The van der Waals surface area contributed by atoms with Gasteiger partial charge >= 0.3 is 6.18 Å². The lowest BCUT2D eigenvalue weighted by Crippen LogP contribution is -2.41. The second kappa shape index (κ2) is 11.1. The molecule has 0 saturated heterocycles. The molecule has 0 aliphatic heterocycles. The number of aliphatic imine (C=N–C) groups is 1. The number of amides is 1. The van der Waals surface area contributed by atoms with Crippen molar-refractivity contribution in [2.45, 2.75) is 19.6 Å². The van der Waals surface area contributed by atoms with E-state index < -0.39 is 11.7 Å². The number of carbonyl (C=O) groups excluding carboxylic acids is 1. The molecule has 2 rings (SSSR count). The summed E-state index contributed by atoms with van der Waals surface area (Å²) in [6.45, 7) is 3.54. The predicted octanol–water partition coefficient (Wildman–Crippen LogP) is 3.20. The molecule has 0 heterocycles. The van der Waals surface area contributed by atoms with Gasteiger partial charge in [0, 0.05) is 25.2 Å². The minimum Gasteiger partial charge on any atom is -0.497 e. The summed E-state index contributed by atoms with van der Waals surface area (Å²) >= 11 is 0. The number of alkyl halides is 3. The maximum atomic E-state index is 12.6. The number of benzene rings is 2. The third kappa shape index (κ3) is 7.31. The molecule has 0 atom stereocenters. The summed E-state index contributed by atoms with van der Waals surface area (Å²) in [5.74, 6) is 0.890. The normalized spacial score (nSPS) is 11.7. The van der Waals surface area contributed by atoms with Crippen molar-refractivity contribution in [1.29, 1.82) is 0 Å². The van der Waals surface area contributed by atoms with E-state index in [1.807, 2.05) is 6.92 Å². The van der Waals surface area contributed by atoms with Crippen LogP contribution in [0.5, 0.6) is 5.75 Å². The van der Waals surface area contributed by atoms with Crippen LogP contribution in [0.1, 0.15) is 28.4 Å². The van der Waals surface area contributed by atoms with Crippen LogP contribution in [0.25, 0.3) is 0 Å². The lowest BCUT2D eigenvalue weighted by atomic mass is 10.1. The topological polar surface area (TPSA) is 74.8 Å². The molecule has 2 aromatic rings. The van der Waals surface area contributed by atoms with E-state index in [-0.39, 0.29) is 12.5 Å². The summed E-state index contributed by atoms with van der Waals surface area (Å²) in [5, 5.41) is 8.92. The number of carbonyl (C=O) groups is 1. The molecule has 0 radical (unpaired) electrons. The Bertz CT molecular complexity index is 852. The summed E-state index contributed by atoms with van der Waals surface area (Å²) in [6, 6.07) is 11.7. The molecule has 0 unspecified atom stereocenters. The smallest absolute Gasteiger partial charge is 0.416 e. The Labute approximate surface area is 173 Å². The lowest BCUT2D eigenvalue weighted by Gasteiger charge is -2.12. The monoisotopic (exact) mass is 422 g/mol. The highest BCUT2D eigenvalue weighted by molar-refractivity contribution is 5.94. The molecule has 30 heavy (non-hydrogen) atoms. The minimum absolute atomic E-state index is 0.220. The third-order valence-corrected chi connectivity index (χ3v) is 4.08. The summed E-state index contributed by atoms with van der Waals surface area (Å²) in [4.78, 5) is 16.5. The van der Waals surface area contributed by atoms with Crippen LogP contribution >= 0.6 is 0 Å². The predicted molar refractivity (Wildman–Crippen MR) is 110 cm³/mol. The number of halogens is 3. The van der Waals surface area contributed by atoms with Crippen molar-refractivity contribution in [1.82, 2.24) is 16.0 Å². The fourth-order valence-corrected chi connectivity index (χ4v) is 2.53. The summed E-state index contributed by atoms with van der Waals surface area (Å²) in [5.41, 5.74) is 0.468. The van der Waals surface area contributed by atoms with Crippen LogP contribution in [-0.4, -0.2) is 38.6 Å². The number of methoxy groups -OCH3 is 1. The van der Waals surface area contributed by atoms with Crippen LogP contribution in [0.4, 0.5) is 13.2 Å². The molecule has 0 aliphatic carbocycles. The zero-order valence-electron chi connectivity index (χ0n) is 16.8. The van der Waals surface area contributed by atoms with Crippen LogP contribution < -0.4 is 20.7 Å². The van der Waals surface area contributed by atoms with Crippen molar-refractivity contribution in [2.24, 2.45) is 4.99 Å². The largest absolute Gasteiger partial charge is 0.497 e. The molecule has 9 heteroatoms. The Balaban J connectivity index is 1.84. The lowest BCUT2D eigenvalue weighted by molar-refractivity contribution is -0.137. The molecule has 0 aliphatic rings. The number of nitrogens with one attached hydrogen (secondary N) is 3. The van der Waals surface area contributed by atoms with Gasteiger partial charge < -0.3 is 20.7 Å². The first kappa shape index (κ1) is 23.1. The summed E-state index contributed by atoms with van der Waals surface area (Å²) in [6.07, 6.45) is -4.35. The number of guanidine groups is 1. The first-order valence-corrected chi connectivity index (χ1v) is 9.44. The molecule has 6 nitrogen and oxygen atoms in total. The Morgan fingerprint density at radius 3 is 2.37 bits per heavy atom. The quantitative estimate of drug-likeness (QED) is 0.347. The Hall–Kier alpha value is -3.23. The zero-order chi connectivity index (χ0) is 22.0. The molecule has 0 spiro atoms. The number of nitrogens with zero attached hydrogens (tertiary/aromatic N) is 1. The first-order valence-electron chi connectivity index (χ1n) is 9.44. The molecular formula is C21H25F3N4O2. The molecule has 1 amide bonds. The van der Waals surface area contributed by atoms with Gasteiger partial charge in [-0.15, -0.1) is 0 Å². The SMILES string of the molecule is CCNC(=NCc1ccc(C(F)(F)F)cc1)NCCNC(=O)c1cccc(OC)c1. The Morgan fingerprint density at radius 2 is 1.73 bits per heavy atom. The number of hydrogen-bond acceptors (Lipinski definition) is 3. The van der Waals surface area contributed by atoms with Crippen LogP contribution in [0, 0.1) is 0 Å². The van der Waals surface area contributed by atoms with Crippen molar-refractivity contribution in [3.63, 3.8) is 0 Å². The molecule has 0 fully saturated rings. The van der Waals surface area contributed by atoms with Gasteiger partial charge in [-0.05, 0) is 42.8 Å². The maximum absolute atomic E-state index is 12.6. The van der Waals surface area contributed by atoms with Crippen LogP contribution in [-0.2, 0) is 12.7 Å². The molecule has 0 saturated carbocycles. The van der Waals surface area contributed by atoms with Crippen LogP contribution in [0.3, 0.4) is 0 Å². The van der Waals surface area contributed by atoms with E-state index >= 15 is 0 Å². The minimum atomic E-state index is -4.35. The fourth-order valence-electron chi connectivity index (χ4n) is 2.53. The number of hydrogen-bond donors (Lipinski definition) is 3. The van der Waals surface area contributed by atoms with Gasteiger partial charge in [0.2, 0.25) is 0 Å². The van der Waals surface area contributed by atoms with Crippen LogP contribution in [0.15, 0.2) is 53.5 Å². The second-order valence-corrected chi connectivity index (χ2v) is 6.30. The van der Waals surface area contributed by atoms with Crippen molar-refractivity contribution < 1.29 is 22.7 Å². The highest BCUT2D eigenvalue weighted by atomic mass is 19.4. The fraction of sp³-hybridized carbons (Fsp3) is 0.333. The number of ether oxygens (including phenoxy) is 1. The summed E-state index contributed by atoms with van der Waals surface area (Å²) in [7, 11) is 1.53. The van der Waals surface area contributed by atoms with Gasteiger partial charge in [-0.1, -0.05) is 18.2 Å². The van der Waals surface area contributed by atoms with Crippen molar-refractivity contribution in [2.75, 3.05) is 26.7 Å². The Morgan fingerprint density at radius 1 is 1.03 bits per heavy atom. The van der Waals surface area contributed by atoms with Gasteiger partial charge in [-0.3, -0.25) is 4.79 Å². The van der Waals surface area contributed by atoms with Gasteiger partial charge in [0.1, 0.15) is 5.75 Å². The Kier molecular flexibility index (Phi) is 8.52. The van der Waals surface area contributed by atoms with Gasteiger partial charge in [0.15, 0.2) is 5.96 Å². The van der Waals surface area contributed by atoms with Gasteiger partial charge in [0.25, 0.3) is 5.91 Å².